The minimum atomic E-state index is -0.531. The molecule has 4 rings (SSSR count). The van der Waals surface area contributed by atoms with Crippen molar-refractivity contribution in [2.75, 3.05) is 18.0 Å². The lowest BCUT2D eigenvalue weighted by Crippen LogP contribution is -2.52. The molecule has 6 nitrogen and oxygen atoms in total. The van der Waals surface area contributed by atoms with E-state index >= 15 is 0 Å². The lowest BCUT2D eigenvalue weighted by Gasteiger charge is -2.40. The fourth-order valence-electron chi connectivity index (χ4n) is 4.09. The Hall–Kier alpha value is -2.44. The van der Waals surface area contributed by atoms with Crippen molar-refractivity contribution in [2.24, 2.45) is 11.8 Å². The monoisotopic (exact) mass is 386 g/mol. The van der Waals surface area contributed by atoms with Crippen LogP contribution in [0.4, 0.5) is 14.9 Å². The molecule has 28 heavy (non-hydrogen) atoms. The molecule has 1 saturated carbocycles. The maximum absolute atomic E-state index is 14.2. The number of fused-ring (bicyclic) bond motifs is 1. The van der Waals surface area contributed by atoms with E-state index in [9.17, 15) is 9.18 Å². The number of aromatic nitrogens is 2. The van der Waals surface area contributed by atoms with Gasteiger partial charge in [-0.15, -0.1) is 0 Å². The number of alkyl carbamates (subject to hydrolysis) is 1. The summed E-state index contributed by atoms with van der Waals surface area (Å²) in [5.74, 6) is 0.819. The summed E-state index contributed by atoms with van der Waals surface area (Å²) in [6.45, 7) is 7.09. The Bertz CT molecular complexity index is 878. The molecule has 1 aromatic carbocycles. The van der Waals surface area contributed by atoms with Crippen molar-refractivity contribution in [3.63, 3.8) is 0 Å². The lowest BCUT2D eigenvalue weighted by atomic mass is 9.89. The minimum Gasteiger partial charge on any atom is -0.444 e. The van der Waals surface area contributed by atoms with E-state index in [1.807, 2.05) is 20.8 Å². The number of benzene rings is 1. The molecule has 2 atom stereocenters. The third-order valence-electron chi connectivity index (χ3n) is 5.39. The van der Waals surface area contributed by atoms with E-state index in [0.717, 1.165) is 18.7 Å². The lowest BCUT2D eigenvalue weighted by molar-refractivity contribution is 0.0492. The number of anilines is 1. The van der Waals surface area contributed by atoms with Crippen molar-refractivity contribution in [2.45, 2.75) is 51.7 Å². The van der Waals surface area contributed by atoms with Gasteiger partial charge in [-0.3, -0.25) is 4.98 Å². The Morgan fingerprint density at radius 3 is 2.54 bits per heavy atom. The van der Waals surface area contributed by atoms with Gasteiger partial charge in [0.25, 0.3) is 0 Å². The van der Waals surface area contributed by atoms with Crippen LogP contribution in [0.25, 0.3) is 11.0 Å². The molecule has 7 heteroatoms. The molecule has 1 N–H and O–H groups in total. The number of hydrogen-bond donors (Lipinski definition) is 1. The predicted octanol–water partition coefficient (Wildman–Crippen LogP) is 3.90. The van der Waals surface area contributed by atoms with Crippen molar-refractivity contribution < 1.29 is 13.9 Å². The summed E-state index contributed by atoms with van der Waals surface area (Å²) in [7, 11) is 0. The molecule has 2 fully saturated rings. The van der Waals surface area contributed by atoms with Gasteiger partial charge in [0.2, 0.25) is 0 Å². The summed E-state index contributed by atoms with van der Waals surface area (Å²) >= 11 is 0. The summed E-state index contributed by atoms with van der Waals surface area (Å²) in [5, 5.41) is 3.03. The zero-order valence-corrected chi connectivity index (χ0v) is 16.6. The maximum atomic E-state index is 14.2. The van der Waals surface area contributed by atoms with Gasteiger partial charge in [-0.25, -0.2) is 14.2 Å². The van der Waals surface area contributed by atoms with E-state index in [-0.39, 0.29) is 17.4 Å². The highest BCUT2D eigenvalue weighted by Gasteiger charge is 2.38. The number of nitrogens with zero attached hydrogens (tertiary/aromatic N) is 3. The average Bonchev–Trinajstić information content (AvgIpc) is 3.45. The first-order valence-electron chi connectivity index (χ1n) is 9.94. The molecular formula is C21H27FN4O2. The van der Waals surface area contributed by atoms with Gasteiger partial charge < -0.3 is 15.0 Å². The Kier molecular flexibility index (Phi) is 4.85. The average molecular weight is 386 g/mol. The Labute approximate surface area is 164 Å². The second-order valence-corrected chi connectivity index (χ2v) is 8.90. The summed E-state index contributed by atoms with van der Waals surface area (Å²) in [4.78, 5) is 23.0. The number of hydrogen-bond acceptors (Lipinski definition) is 5. The van der Waals surface area contributed by atoms with E-state index in [2.05, 4.69) is 20.2 Å². The standard InChI is InChI=1S/C21H27FN4O2/c1-21(2,3)28-20(27)25-15-10-14(13-4-5-13)11-26(12-15)17-7-6-16(22)18-19(17)24-9-8-23-18/h6-9,13-15H,4-5,10-12H2,1-3H3,(H,25,27)/t14-,15+/m0/s1. The molecule has 1 amide bonds. The van der Waals surface area contributed by atoms with Crippen LogP contribution < -0.4 is 10.2 Å². The largest absolute Gasteiger partial charge is 0.444 e. The fourth-order valence-corrected chi connectivity index (χ4v) is 4.09. The van der Waals surface area contributed by atoms with Gasteiger partial charge in [0.15, 0.2) is 5.82 Å². The van der Waals surface area contributed by atoms with Crippen LogP contribution in [-0.2, 0) is 4.74 Å². The summed E-state index contributed by atoms with van der Waals surface area (Å²) in [5.41, 5.74) is 1.18. The smallest absolute Gasteiger partial charge is 0.407 e. The van der Waals surface area contributed by atoms with Gasteiger partial charge in [-0.1, -0.05) is 0 Å². The molecule has 1 aliphatic heterocycles. The molecule has 0 bridgehead atoms. The topological polar surface area (TPSA) is 67.3 Å². The Morgan fingerprint density at radius 2 is 1.86 bits per heavy atom. The number of piperidine rings is 1. The molecule has 0 unspecified atom stereocenters. The third-order valence-corrected chi connectivity index (χ3v) is 5.39. The van der Waals surface area contributed by atoms with Crippen molar-refractivity contribution in [1.29, 1.82) is 0 Å². The highest BCUT2D eigenvalue weighted by Crippen LogP contribution is 2.42. The first-order valence-corrected chi connectivity index (χ1v) is 9.94. The molecule has 1 saturated heterocycles. The van der Waals surface area contributed by atoms with Crippen molar-refractivity contribution in [3.8, 4) is 0 Å². The molecule has 2 heterocycles. The van der Waals surface area contributed by atoms with Crippen LogP contribution in [0, 0.1) is 17.7 Å². The normalized spacial score (nSPS) is 22.9. The van der Waals surface area contributed by atoms with Crippen LogP contribution in [-0.4, -0.2) is 40.8 Å². The SMILES string of the molecule is CC(C)(C)OC(=O)N[C@@H]1C[C@H](C2CC2)CN(c2ccc(F)c3nccnc23)C1. The van der Waals surface area contributed by atoms with Gasteiger partial charge in [-0.05, 0) is 64.0 Å². The van der Waals surface area contributed by atoms with Crippen LogP contribution in [0.3, 0.4) is 0 Å². The van der Waals surface area contributed by atoms with E-state index in [4.69, 9.17) is 4.74 Å². The first-order chi connectivity index (χ1) is 13.3. The molecule has 0 spiro atoms. The third kappa shape index (κ3) is 4.18. The van der Waals surface area contributed by atoms with Crippen LogP contribution in [0.2, 0.25) is 0 Å². The van der Waals surface area contributed by atoms with Crippen LogP contribution in [0.1, 0.15) is 40.0 Å². The highest BCUT2D eigenvalue weighted by molar-refractivity contribution is 5.88. The molecule has 1 aromatic heterocycles. The number of halogens is 1. The number of nitrogens with one attached hydrogen (secondary N) is 1. The fraction of sp³-hybridized carbons (Fsp3) is 0.571. The van der Waals surface area contributed by atoms with E-state index in [0.29, 0.717) is 23.9 Å². The number of ether oxygens (including phenoxy) is 1. The molecular weight excluding hydrogens is 359 g/mol. The first kappa shape index (κ1) is 18.9. The highest BCUT2D eigenvalue weighted by atomic mass is 19.1. The zero-order chi connectivity index (χ0) is 19.9. The van der Waals surface area contributed by atoms with Crippen molar-refractivity contribution in [3.05, 3.63) is 30.3 Å². The van der Waals surface area contributed by atoms with Gasteiger partial charge in [0, 0.05) is 25.5 Å². The number of carbonyl (C=O) groups is 1. The van der Waals surface area contributed by atoms with Crippen molar-refractivity contribution >= 4 is 22.8 Å². The molecule has 150 valence electrons. The van der Waals surface area contributed by atoms with Crippen LogP contribution in [0.15, 0.2) is 24.5 Å². The van der Waals surface area contributed by atoms with Crippen LogP contribution in [0.5, 0.6) is 0 Å². The zero-order valence-electron chi connectivity index (χ0n) is 16.6. The van der Waals surface area contributed by atoms with Crippen molar-refractivity contribution in [1.82, 2.24) is 15.3 Å². The van der Waals surface area contributed by atoms with E-state index < -0.39 is 11.7 Å². The summed E-state index contributed by atoms with van der Waals surface area (Å²) in [6.07, 6.45) is 6.11. The Balaban J connectivity index is 1.58. The van der Waals surface area contributed by atoms with Gasteiger partial charge >= 0.3 is 6.09 Å². The van der Waals surface area contributed by atoms with E-state index in [1.54, 1.807) is 12.3 Å². The van der Waals surface area contributed by atoms with Crippen LogP contribution >= 0.6 is 0 Å². The second kappa shape index (κ2) is 7.18. The van der Waals surface area contributed by atoms with Gasteiger partial charge in [-0.2, -0.15) is 0 Å². The number of carbonyl (C=O) groups excluding carboxylic acids is 1. The molecule has 1 aliphatic carbocycles. The minimum absolute atomic E-state index is 0.0222. The maximum Gasteiger partial charge on any atom is 0.407 e. The second-order valence-electron chi connectivity index (χ2n) is 8.90. The van der Waals surface area contributed by atoms with E-state index in [1.165, 1.54) is 25.1 Å². The molecule has 2 aliphatic rings. The summed E-state index contributed by atoms with van der Waals surface area (Å²) < 4.78 is 19.6. The summed E-state index contributed by atoms with van der Waals surface area (Å²) in [6, 6.07) is 3.20. The molecule has 0 radical (unpaired) electrons. The predicted molar refractivity (Wildman–Crippen MR) is 106 cm³/mol. The number of rotatable bonds is 3. The van der Waals surface area contributed by atoms with Gasteiger partial charge in [0.05, 0.1) is 11.7 Å². The Morgan fingerprint density at radius 1 is 1.14 bits per heavy atom. The molecule has 2 aromatic rings. The number of amides is 1. The quantitative estimate of drug-likeness (QED) is 0.867. The van der Waals surface area contributed by atoms with Gasteiger partial charge in [0.1, 0.15) is 16.6 Å².